The number of anilines is 2. The number of para-hydroxylation sites is 1. The highest BCUT2D eigenvalue weighted by Gasteiger charge is 2.13. The summed E-state index contributed by atoms with van der Waals surface area (Å²) in [6, 6.07) is 8.75. The Morgan fingerprint density at radius 3 is 2.71 bits per heavy atom. The first kappa shape index (κ1) is 14.6. The van der Waals surface area contributed by atoms with E-state index >= 15 is 0 Å². The average molecular weight is 287 g/mol. The van der Waals surface area contributed by atoms with Gasteiger partial charge < -0.3 is 20.5 Å². The molecule has 0 bridgehead atoms. The van der Waals surface area contributed by atoms with Crippen molar-refractivity contribution in [1.29, 1.82) is 0 Å². The molecule has 6 heteroatoms. The van der Waals surface area contributed by atoms with Gasteiger partial charge in [-0.25, -0.2) is 9.78 Å². The molecule has 3 N–H and O–H groups in total. The number of nitrogens with zero attached hydrogens (tertiary/aromatic N) is 1. The highest BCUT2D eigenvalue weighted by Crippen LogP contribution is 2.24. The zero-order chi connectivity index (χ0) is 15.2. The number of methoxy groups -OCH3 is 2. The van der Waals surface area contributed by atoms with Crippen molar-refractivity contribution in [1.82, 2.24) is 4.98 Å². The van der Waals surface area contributed by atoms with Crippen LogP contribution in [0.25, 0.3) is 0 Å². The molecule has 1 aromatic carbocycles. The minimum Gasteiger partial charge on any atom is -0.481 e. The van der Waals surface area contributed by atoms with Crippen molar-refractivity contribution < 1.29 is 14.3 Å². The zero-order valence-corrected chi connectivity index (χ0v) is 11.9. The lowest BCUT2D eigenvalue weighted by molar-refractivity contribution is 0.0602. The first-order valence-electron chi connectivity index (χ1n) is 6.35. The summed E-state index contributed by atoms with van der Waals surface area (Å²) in [5.41, 5.74) is 8.30. The second-order valence-electron chi connectivity index (χ2n) is 4.32. The third kappa shape index (κ3) is 3.42. The number of rotatable bonds is 5. The van der Waals surface area contributed by atoms with E-state index in [0.29, 0.717) is 29.4 Å². The van der Waals surface area contributed by atoms with Crippen molar-refractivity contribution in [3.8, 4) is 5.88 Å². The first-order chi connectivity index (χ1) is 10.2. The van der Waals surface area contributed by atoms with E-state index in [1.54, 1.807) is 37.6 Å². The van der Waals surface area contributed by atoms with E-state index in [1.165, 1.54) is 7.11 Å². The minimum absolute atomic E-state index is 0.402. The Morgan fingerprint density at radius 2 is 2.10 bits per heavy atom. The number of pyridine rings is 1. The lowest BCUT2D eigenvalue weighted by Crippen LogP contribution is -2.10. The summed E-state index contributed by atoms with van der Waals surface area (Å²) < 4.78 is 9.75. The summed E-state index contributed by atoms with van der Waals surface area (Å²) in [4.78, 5) is 15.9. The maximum atomic E-state index is 11.7. The van der Waals surface area contributed by atoms with Crippen LogP contribution >= 0.6 is 0 Å². The van der Waals surface area contributed by atoms with Crippen molar-refractivity contribution in [3.63, 3.8) is 0 Å². The van der Waals surface area contributed by atoms with Crippen LogP contribution in [0, 0.1) is 0 Å². The number of hydrogen-bond donors (Lipinski definition) is 2. The summed E-state index contributed by atoms with van der Waals surface area (Å²) in [6.07, 6.45) is 1.70. The Bertz CT molecular complexity index is 627. The second-order valence-corrected chi connectivity index (χ2v) is 4.32. The molecule has 0 aliphatic heterocycles. The van der Waals surface area contributed by atoms with Gasteiger partial charge in [0, 0.05) is 18.8 Å². The number of nitrogens with one attached hydrogen (secondary N) is 1. The summed E-state index contributed by atoms with van der Waals surface area (Å²) in [6.45, 7) is 0.481. The number of ether oxygens (including phenoxy) is 2. The van der Waals surface area contributed by atoms with E-state index in [-0.39, 0.29) is 0 Å². The maximum absolute atomic E-state index is 11.7. The molecule has 2 rings (SSSR count). The normalized spacial score (nSPS) is 10.0. The topological polar surface area (TPSA) is 86.5 Å². The van der Waals surface area contributed by atoms with Crippen LogP contribution in [0.15, 0.2) is 36.5 Å². The van der Waals surface area contributed by atoms with Gasteiger partial charge in [0.05, 0.1) is 31.2 Å². The van der Waals surface area contributed by atoms with E-state index in [0.717, 1.165) is 5.56 Å². The van der Waals surface area contributed by atoms with Crippen molar-refractivity contribution in [2.45, 2.75) is 6.54 Å². The van der Waals surface area contributed by atoms with Gasteiger partial charge in [-0.3, -0.25) is 0 Å². The van der Waals surface area contributed by atoms with Crippen LogP contribution in [-0.4, -0.2) is 25.2 Å². The van der Waals surface area contributed by atoms with E-state index in [2.05, 4.69) is 10.3 Å². The van der Waals surface area contributed by atoms with E-state index in [4.69, 9.17) is 15.2 Å². The van der Waals surface area contributed by atoms with Crippen LogP contribution in [-0.2, 0) is 11.3 Å². The van der Waals surface area contributed by atoms with Crippen LogP contribution < -0.4 is 15.8 Å². The Hall–Kier alpha value is -2.76. The van der Waals surface area contributed by atoms with Gasteiger partial charge >= 0.3 is 5.97 Å². The molecule has 0 unspecified atom stereocenters. The molecule has 0 saturated heterocycles. The molecule has 0 aliphatic carbocycles. The van der Waals surface area contributed by atoms with Gasteiger partial charge in [0.25, 0.3) is 0 Å². The molecule has 1 aromatic heterocycles. The van der Waals surface area contributed by atoms with Crippen LogP contribution in [0.4, 0.5) is 11.4 Å². The zero-order valence-electron chi connectivity index (χ0n) is 11.9. The van der Waals surface area contributed by atoms with Crippen molar-refractivity contribution in [2.75, 3.05) is 25.3 Å². The van der Waals surface area contributed by atoms with Gasteiger partial charge in [0.15, 0.2) is 0 Å². The van der Waals surface area contributed by atoms with E-state index in [1.807, 2.05) is 6.07 Å². The van der Waals surface area contributed by atoms with Gasteiger partial charge in [-0.1, -0.05) is 12.1 Å². The number of carbonyl (C=O) groups is 1. The van der Waals surface area contributed by atoms with Gasteiger partial charge in [-0.15, -0.1) is 0 Å². The maximum Gasteiger partial charge on any atom is 0.340 e. The summed E-state index contributed by atoms with van der Waals surface area (Å²) in [7, 11) is 2.90. The first-order valence-corrected chi connectivity index (χ1v) is 6.35. The molecule has 1 heterocycles. The number of esters is 1. The molecule has 0 radical (unpaired) electrons. The number of aromatic nitrogens is 1. The lowest BCUT2D eigenvalue weighted by atomic mass is 10.1. The molecule has 110 valence electrons. The molecule has 0 aliphatic rings. The fourth-order valence-corrected chi connectivity index (χ4v) is 1.87. The third-order valence-electron chi connectivity index (χ3n) is 2.98. The standard InChI is InChI=1S/C15H17N3O3/c1-20-13-7-6-10(8-17-13)9-18-14-11(15(19)21-2)4-3-5-12(14)16/h3-8,18H,9,16H2,1-2H3. The Morgan fingerprint density at radius 1 is 1.29 bits per heavy atom. The fourth-order valence-electron chi connectivity index (χ4n) is 1.87. The average Bonchev–Trinajstić information content (AvgIpc) is 2.53. The highest BCUT2D eigenvalue weighted by molar-refractivity contribution is 5.98. The molecule has 0 saturated carbocycles. The number of benzene rings is 1. The van der Waals surface area contributed by atoms with Gasteiger partial charge in [-0.2, -0.15) is 0 Å². The molecule has 0 spiro atoms. The second kappa shape index (κ2) is 6.60. The minimum atomic E-state index is -0.433. The summed E-state index contributed by atoms with van der Waals surface area (Å²) in [5, 5.41) is 3.14. The Balaban J connectivity index is 2.17. The van der Waals surface area contributed by atoms with Crippen LogP contribution in [0.5, 0.6) is 5.88 Å². The number of hydrogen-bond acceptors (Lipinski definition) is 6. The Kier molecular flexibility index (Phi) is 4.61. The molecule has 6 nitrogen and oxygen atoms in total. The molecule has 0 fully saturated rings. The summed E-state index contributed by atoms with van der Waals surface area (Å²) in [5.74, 6) is 0.117. The highest BCUT2D eigenvalue weighted by atomic mass is 16.5. The predicted molar refractivity (Wildman–Crippen MR) is 80.3 cm³/mol. The fraction of sp³-hybridized carbons (Fsp3) is 0.200. The van der Waals surface area contributed by atoms with Gasteiger partial charge in [0.2, 0.25) is 5.88 Å². The molecule has 0 atom stereocenters. The molecule has 0 amide bonds. The summed E-state index contributed by atoms with van der Waals surface area (Å²) >= 11 is 0. The molecular weight excluding hydrogens is 270 g/mol. The monoisotopic (exact) mass is 287 g/mol. The van der Waals surface area contributed by atoms with Crippen molar-refractivity contribution in [3.05, 3.63) is 47.7 Å². The van der Waals surface area contributed by atoms with Gasteiger partial charge in [-0.05, 0) is 17.7 Å². The lowest BCUT2D eigenvalue weighted by Gasteiger charge is -2.13. The largest absolute Gasteiger partial charge is 0.481 e. The van der Waals surface area contributed by atoms with Gasteiger partial charge in [0.1, 0.15) is 0 Å². The van der Waals surface area contributed by atoms with Crippen LogP contribution in [0.3, 0.4) is 0 Å². The predicted octanol–water partition coefficient (Wildman–Crippen LogP) is 2.07. The SMILES string of the molecule is COC(=O)c1cccc(N)c1NCc1ccc(OC)nc1. The van der Waals surface area contributed by atoms with Crippen molar-refractivity contribution >= 4 is 17.3 Å². The van der Waals surface area contributed by atoms with Crippen molar-refractivity contribution in [2.24, 2.45) is 0 Å². The van der Waals surface area contributed by atoms with Crippen LogP contribution in [0.2, 0.25) is 0 Å². The smallest absolute Gasteiger partial charge is 0.340 e. The van der Waals surface area contributed by atoms with Crippen LogP contribution in [0.1, 0.15) is 15.9 Å². The molecule has 2 aromatic rings. The van der Waals surface area contributed by atoms with E-state index < -0.39 is 5.97 Å². The van der Waals surface area contributed by atoms with E-state index in [9.17, 15) is 4.79 Å². The Labute approximate surface area is 122 Å². The number of nitrogen functional groups attached to an aromatic ring is 1. The number of carbonyl (C=O) groups excluding carboxylic acids is 1. The quantitative estimate of drug-likeness (QED) is 0.646. The molecule has 21 heavy (non-hydrogen) atoms. The third-order valence-corrected chi connectivity index (χ3v) is 2.98. The number of nitrogens with two attached hydrogens (primary N) is 1. The molecular formula is C15H17N3O3.